The standard InChI is InChI=1S/C14H13NO2S/c1-17-14(16)12-11(9-7-8-9)15-13(18-12)10-5-3-2-4-6-10/h2-6,9H,7-8H2,1H3. The summed E-state index contributed by atoms with van der Waals surface area (Å²) in [5, 5.41) is 0.901. The molecule has 0 unspecified atom stereocenters. The van der Waals surface area contributed by atoms with E-state index in [-0.39, 0.29) is 5.97 Å². The summed E-state index contributed by atoms with van der Waals surface area (Å²) in [6.45, 7) is 0. The van der Waals surface area contributed by atoms with Crippen molar-refractivity contribution in [1.29, 1.82) is 0 Å². The van der Waals surface area contributed by atoms with Crippen molar-refractivity contribution in [2.45, 2.75) is 18.8 Å². The van der Waals surface area contributed by atoms with Gasteiger partial charge in [-0.3, -0.25) is 0 Å². The molecule has 0 amide bonds. The maximum absolute atomic E-state index is 11.8. The van der Waals surface area contributed by atoms with Gasteiger partial charge < -0.3 is 4.74 Å². The fraction of sp³-hybridized carbons (Fsp3) is 0.286. The molecule has 1 heterocycles. The van der Waals surface area contributed by atoms with E-state index in [1.807, 2.05) is 30.3 Å². The van der Waals surface area contributed by atoms with Gasteiger partial charge in [-0.2, -0.15) is 0 Å². The SMILES string of the molecule is COC(=O)c1sc(-c2ccccc2)nc1C1CC1. The van der Waals surface area contributed by atoms with E-state index in [0.717, 1.165) is 29.1 Å². The molecule has 1 aliphatic rings. The van der Waals surface area contributed by atoms with Gasteiger partial charge in [-0.25, -0.2) is 9.78 Å². The number of thiazole rings is 1. The van der Waals surface area contributed by atoms with Crippen LogP contribution in [-0.2, 0) is 4.74 Å². The van der Waals surface area contributed by atoms with Crippen molar-refractivity contribution in [3.63, 3.8) is 0 Å². The number of hydrogen-bond donors (Lipinski definition) is 0. The van der Waals surface area contributed by atoms with Crippen LogP contribution in [0.1, 0.15) is 34.1 Å². The average molecular weight is 259 g/mol. The highest BCUT2D eigenvalue weighted by Gasteiger charge is 2.32. The van der Waals surface area contributed by atoms with Gasteiger partial charge in [-0.15, -0.1) is 11.3 Å². The van der Waals surface area contributed by atoms with E-state index < -0.39 is 0 Å². The molecule has 0 spiro atoms. The molecule has 92 valence electrons. The first-order valence-corrected chi connectivity index (χ1v) is 6.75. The predicted molar refractivity (Wildman–Crippen MR) is 70.9 cm³/mol. The predicted octanol–water partition coefficient (Wildman–Crippen LogP) is 3.47. The van der Waals surface area contributed by atoms with E-state index in [1.54, 1.807) is 0 Å². The topological polar surface area (TPSA) is 39.2 Å². The van der Waals surface area contributed by atoms with Gasteiger partial charge in [0.1, 0.15) is 9.88 Å². The van der Waals surface area contributed by atoms with Crippen LogP contribution in [0.3, 0.4) is 0 Å². The molecule has 0 atom stereocenters. The monoisotopic (exact) mass is 259 g/mol. The number of methoxy groups -OCH3 is 1. The van der Waals surface area contributed by atoms with Gasteiger partial charge in [0.2, 0.25) is 0 Å². The fourth-order valence-electron chi connectivity index (χ4n) is 1.91. The third kappa shape index (κ3) is 2.04. The van der Waals surface area contributed by atoms with Crippen molar-refractivity contribution in [1.82, 2.24) is 4.98 Å². The Morgan fingerprint density at radius 3 is 2.67 bits per heavy atom. The van der Waals surface area contributed by atoms with Crippen molar-refractivity contribution in [3.05, 3.63) is 40.9 Å². The maximum atomic E-state index is 11.8. The maximum Gasteiger partial charge on any atom is 0.350 e. The second kappa shape index (κ2) is 4.53. The van der Waals surface area contributed by atoms with Crippen LogP contribution < -0.4 is 0 Å². The summed E-state index contributed by atoms with van der Waals surface area (Å²) < 4.78 is 4.84. The zero-order valence-corrected chi connectivity index (χ0v) is 10.9. The lowest BCUT2D eigenvalue weighted by Crippen LogP contribution is -2.01. The fourth-order valence-corrected chi connectivity index (χ4v) is 2.98. The normalized spacial score (nSPS) is 14.5. The Labute approximate surface area is 109 Å². The van der Waals surface area contributed by atoms with Gasteiger partial charge in [0.25, 0.3) is 0 Å². The van der Waals surface area contributed by atoms with Crippen LogP contribution in [0.4, 0.5) is 0 Å². The number of aromatic nitrogens is 1. The highest BCUT2D eigenvalue weighted by Crippen LogP contribution is 2.44. The summed E-state index contributed by atoms with van der Waals surface area (Å²) in [6, 6.07) is 9.95. The zero-order valence-electron chi connectivity index (χ0n) is 10.1. The van der Waals surface area contributed by atoms with Crippen LogP contribution >= 0.6 is 11.3 Å². The molecule has 4 heteroatoms. The number of carbonyl (C=O) groups is 1. The molecule has 0 saturated heterocycles. The summed E-state index contributed by atoms with van der Waals surface area (Å²) in [5.74, 6) is 0.185. The Morgan fingerprint density at radius 1 is 1.33 bits per heavy atom. The Morgan fingerprint density at radius 2 is 2.06 bits per heavy atom. The lowest BCUT2D eigenvalue weighted by atomic mass is 10.2. The van der Waals surface area contributed by atoms with E-state index in [1.165, 1.54) is 18.4 Å². The number of esters is 1. The first-order valence-electron chi connectivity index (χ1n) is 5.94. The van der Waals surface area contributed by atoms with E-state index in [2.05, 4.69) is 4.98 Å². The summed E-state index contributed by atoms with van der Waals surface area (Å²) in [7, 11) is 1.42. The highest BCUT2D eigenvalue weighted by molar-refractivity contribution is 7.17. The van der Waals surface area contributed by atoms with Crippen LogP contribution in [-0.4, -0.2) is 18.1 Å². The Bertz CT molecular complexity index is 573. The molecule has 1 saturated carbocycles. The number of nitrogens with zero attached hydrogens (tertiary/aromatic N) is 1. The van der Waals surface area contributed by atoms with Gasteiger partial charge in [0.15, 0.2) is 0 Å². The summed E-state index contributed by atoms with van der Waals surface area (Å²) in [6.07, 6.45) is 2.25. The van der Waals surface area contributed by atoms with E-state index in [4.69, 9.17) is 4.74 Å². The summed E-state index contributed by atoms with van der Waals surface area (Å²) >= 11 is 1.43. The highest BCUT2D eigenvalue weighted by atomic mass is 32.1. The van der Waals surface area contributed by atoms with E-state index >= 15 is 0 Å². The van der Waals surface area contributed by atoms with Crippen LogP contribution in [0.25, 0.3) is 10.6 Å². The molecule has 18 heavy (non-hydrogen) atoms. The minimum absolute atomic E-state index is 0.267. The minimum atomic E-state index is -0.267. The quantitative estimate of drug-likeness (QED) is 0.792. The molecule has 3 rings (SSSR count). The molecule has 0 N–H and O–H groups in total. The number of ether oxygens (including phenoxy) is 1. The van der Waals surface area contributed by atoms with Crippen LogP contribution in [0.15, 0.2) is 30.3 Å². The molecule has 0 aliphatic heterocycles. The van der Waals surface area contributed by atoms with Gasteiger partial charge in [0, 0.05) is 11.5 Å². The second-order valence-corrected chi connectivity index (χ2v) is 5.36. The third-order valence-corrected chi connectivity index (χ3v) is 4.11. The lowest BCUT2D eigenvalue weighted by Gasteiger charge is -1.96. The number of rotatable bonds is 3. The molecule has 1 fully saturated rings. The van der Waals surface area contributed by atoms with Crippen molar-refractivity contribution in [2.24, 2.45) is 0 Å². The number of benzene rings is 1. The largest absolute Gasteiger partial charge is 0.465 e. The molecule has 0 bridgehead atoms. The van der Waals surface area contributed by atoms with E-state index in [0.29, 0.717) is 10.8 Å². The summed E-state index contributed by atoms with van der Waals surface area (Å²) in [4.78, 5) is 17.1. The first-order chi connectivity index (χ1) is 8.79. The number of hydrogen-bond acceptors (Lipinski definition) is 4. The van der Waals surface area contributed by atoms with Crippen LogP contribution in [0.2, 0.25) is 0 Å². The molecular weight excluding hydrogens is 246 g/mol. The minimum Gasteiger partial charge on any atom is -0.465 e. The van der Waals surface area contributed by atoms with Crippen molar-refractivity contribution in [2.75, 3.05) is 7.11 Å². The molecule has 2 aromatic rings. The Hall–Kier alpha value is -1.68. The smallest absolute Gasteiger partial charge is 0.350 e. The van der Waals surface area contributed by atoms with Crippen LogP contribution in [0, 0.1) is 0 Å². The molecule has 1 aromatic carbocycles. The molecular formula is C14H13NO2S. The van der Waals surface area contributed by atoms with Crippen LogP contribution in [0.5, 0.6) is 0 Å². The molecule has 1 aliphatic carbocycles. The molecule has 3 nitrogen and oxygen atoms in total. The first kappa shape index (κ1) is 11.4. The molecule has 1 aromatic heterocycles. The zero-order chi connectivity index (χ0) is 12.5. The van der Waals surface area contributed by atoms with E-state index in [9.17, 15) is 4.79 Å². The van der Waals surface area contributed by atoms with Gasteiger partial charge in [-0.05, 0) is 12.8 Å². The third-order valence-electron chi connectivity index (χ3n) is 3.01. The van der Waals surface area contributed by atoms with Crippen molar-refractivity contribution >= 4 is 17.3 Å². The van der Waals surface area contributed by atoms with Crippen molar-refractivity contribution < 1.29 is 9.53 Å². The van der Waals surface area contributed by atoms with Crippen molar-refractivity contribution in [3.8, 4) is 10.6 Å². The van der Waals surface area contributed by atoms with Gasteiger partial charge in [0.05, 0.1) is 12.8 Å². The van der Waals surface area contributed by atoms with Gasteiger partial charge >= 0.3 is 5.97 Å². The second-order valence-electron chi connectivity index (χ2n) is 4.37. The number of carbonyl (C=O) groups excluding carboxylic acids is 1. The average Bonchev–Trinajstić information content (AvgIpc) is 3.18. The molecule has 0 radical (unpaired) electrons. The summed E-state index contributed by atoms with van der Waals surface area (Å²) in [5.41, 5.74) is 1.98. The van der Waals surface area contributed by atoms with Gasteiger partial charge in [-0.1, -0.05) is 30.3 Å². The Balaban J connectivity index is 2.04. The Kier molecular flexibility index (Phi) is 2.88. The lowest BCUT2D eigenvalue weighted by molar-refractivity contribution is 0.0604.